The van der Waals surface area contributed by atoms with Gasteiger partial charge >= 0.3 is 0 Å². The summed E-state index contributed by atoms with van der Waals surface area (Å²) in [5.74, 6) is -0.0957. The molecule has 0 bridgehead atoms. The number of amides is 1. The van der Waals surface area contributed by atoms with Crippen molar-refractivity contribution in [3.8, 4) is 0 Å². The van der Waals surface area contributed by atoms with E-state index in [1.807, 2.05) is 6.92 Å². The van der Waals surface area contributed by atoms with Crippen LogP contribution < -0.4 is 11.1 Å². The minimum atomic E-state index is -0.0957. The molecule has 1 atom stereocenters. The summed E-state index contributed by atoms with van der Waals surface area (Å²) in [7, 11) is 0. The van der Waals surface area contributed by atoms with Crippen LogP contribution in [0.2, 0.25) is 5.02 Å². The van der Waals surface area contributed by atoms with Gasteiger partial charge in [-0.05, 0) is 25.1 Å². The van der Waals surface area contributed by atoms with E-state index < -0.39 is 0 Å². The third-order valence-electron chi connectivity index (χ3n) is 2.96. The van der Waals surface area contributed by atoms with Gasteiger partial charge in [-0.2, -0.15) is 0 Å². The first-order valence-electron chi connectivity index (χ1n) is 6.23. The number of rotatable bonds is 3. The molecule has 3 N–H and O–H groups in total. The molecule has 0 aromatic heterocycles. The zero-order chi connectivity index (χ0) is 13.8. The second-order valence-electron chi connectivity index (χ2n) is 4.70. The number of carbonyl (C=O) groups excluding carboxylic acids is 1. The summed E-state index contributed by atoms with van der Waals surface area (Å²) >= 11 is 6.00. The molecule has 19 heavy (non-hydrogen) atoms. The van der Waals surface area contributed by atoms with Crippen LogP contribution in [0.3, 0.4) is 0 Å². The van der Waals surface area contributed by atoms with Crippen LogP contribution >= 0.6 is 11.6 Å². The van der Waals surface area contributed by atoms with Gasteiger partial charge in [0, 0.05) is 18.8 Å². The van der Waals surface area contributed by atoms with Gasteiger partial charge in [0.2, 0.25) is 5.91 Å². The molecule has 0 aliphatic carbocycles. The SMILES string of the molecule is CC1CN(CC(=O)Nc2cc(N)ccc2Cl)CCO1. The molecule has 0 saturated carbocycles. The van der Waals surface area contributed by atoms with E-state index in [-0.39, 0.29) is 12.0 Å². The highest BCUT2D eigenvalue weighted by molar-refractivity contribution is 6.33. The number of benzene rings is 1. The molecule has 1 saturated heterocycles. The maximum Gasteiger partial charge on any atom is 0.238 e. The Morgan fingerprint density at radius 1 is 1.63 bits per heavy atom. The maximum absolute atomic E-state index is 12.0. The highest BCUT2D eigenvalue weighted by Crippen LogP contribution is 2.24. The van der Waals surface area contributed by atoms with Crippen LogP contribution in [0.25, 0.3) is 0 Å². The number of nitrogens with two attached hydrogens (primary N) is 1. The van der Waals surface area contributed by atoms with Crippen LogP contribution in [0.4, 0.5) is 11.4 Å². The lowest BCUT2D eigenvalue weighted by Gasteiger charge is -2.30. The summed E-state index contributed by atoms with van der Waals surface area (Å²) in [4.78, 5) is 14.0. The molecule has 104 valence electrons. The Bertz CT molecular complexity index is 467. The van der Waals surface area contributed by atoms with E-state index in [1.165, 1.54) is 0 Å². The molecular formula is C13H18ClN3O2. The molecule has 1 amide bonds. The van der Waals surface area contributed by atoms with E-state index in [0.717, 1.165) is 13.1 Å². The summed E-state index contributed by atoms with van der Waals surface area (Å²) in [5.41, 5.74) is 6.79. The first-order chi connectivity index (χ1) is 9.04. The number of morpholine rings is 1. The molecule has 0 spiro atoms. The Hall–Kier alpha value is -1.30. The number of ether oxygens (including phenoxy) is 1. The zero-order valence-electron chi connectivity index (χ0n) is 10.9. The predicted octanol–water partition coefficient (Wildman–Crippen LogP) is 1.58. The van der Waals surface area contributed by atoms with Crippen molar-refractivity contribution in [3.63, 3.8) is 0 Å². The van der Waals surface area contributed by atoms with Crippen LogP contribution in [-0.2, 0) is 9.53 Å². The third-order valence-corrected chi connectivity index (χ3v) is 3.29. The maximum atomic E-state index is 12.0. The van der Waals surface area contributed by atoms with E-state index in [1.54, 1.807) is 18.2 Å². The summed E-state index contributed by atoms with van der Waals surface area (Å²) in [6.45, 7) is 4.52. The lowest BCUT2D eigenvalue weighted by Crippen LogP contribution is -2.44. The van der Waals surface area contributed by atoms with Gasteiger partial charge in [0.15, 0.2) is 0 Å². The topological polar surface area (TPSA) is 67.6 Å². The van der Waals surface area contributed by atoms with Gasteiger partial charge in [-0.15, -0.1) is 0 Å². The summed E-state index contributed by atoms with van der Waals surface area (Å²) in [5, 5.41) is 3.26. The second-order valence-corrected chi connectivity index (χ2v) is 5.11. The van der Waals surface area contributed by atoms with E-state index >= 15 is 0 Å². The van der Waals surface area contributed by atoms with Gasteiger partial charge < -0.3 is 15.8 Å². The first-order valence-corrected chi connectivity index (χ1v) is 6.61. The van der Waals surface area contributed by atoms with Crippen molar-refractivity contribution in [1.82, 2.24) is 4.90 Å². The van der Waals surface area contributed by atoms with E-state index in [2.05, 4.69) is 10.2 Å². The van der Waals surface area contributed by atoms with Gasteiger partial charge in [-0.3, -0.25) is 9.69 Å². The van der Waals surface area contributed by atoms with Crippen molar-refractivity contribution in [2.45, 2.75) is 13.0 Å². The largest absolute Gasteiger partial charge is 0.399 e. The molecule has 1 fully saturated rings. The summed E-state index contributed by atoms with van der Waals surface area (Å²) in [6, 6.07) is 5.02. The van der Waals surface area contributed by atoms with Crippen molar-refractivity contribution in [1.29, 1.82) is 0 Å². The second kappa shape index (κ2) is 6.23. The van der Waals surface area contributed by atoms with Crippen LogP contribution in [0.5, 0.6) is 0 Å². The number of anilines is 2. The fraction of sp³-hybridized carbons (Fsp3) is 0.462. The minimum absolute atomic E-state index is 0.0957. The van der Waals surface area contributed by atoms with Crippen molar-refractivity contribution in [2.75, 3.05) is 37.3 Å². The number of hydrogen-bond donors (Lipinski definition) is 2. The van der Waals surface area contributed by atoms with Gasteiger partial charge in [0.25, 0.3) is 0 Å². The van der Waals surface area contributed by atoms with Gasteiger partial charge in [-0.1, -0.05) is 11.6 Å². The number of nitrogens with one attached hydrogen (secondary N) is 1. The molecule has 1 aliphatic rings. The van der Waals surface area contributed by atoms with Crippen molar-refractivity contribution >= 4 is 28.9 Å². The Kier molecular flexibility index (Phi) is 4.63. The van der Waals surface area contributed by atoms with E-state index in [4.69, 9.17) is 22.1 Å². The predicted molar refractivity (Wildman–Crippen MR) is 76.3 cm³/mol. The lowest BCUT2D eigenvalue weighted by atomic mass is 10.2. The normalized spacial score (nSPS) is 20.2. The number of carbonyl (C=O) groups is 1. The summed E-state index contributed by atoms with van der Waals surface area (Å²) < 4.78 is 5.43. The van der Waals surface area contributed by atoms with Crippen molar-refractivity contribution in [2.24, 2.45) is 0 Å². The van der Waals surface area contributed by atoms with Gasteiger partial charge in [0.05, 0.1) is 30.0 Å². The van der Waals surface area contributed by atoms with Crippen LogP contribution in [0.1, 0.15) is 6.92 Å². The molecule has 1 aliphatic heterocycles. The molecule has 0 radical (unpaired) electrons. The zero-order valence-corrected chi connectivity index (χ0v) is 11.6. The number of nitrogens with zero attached hydrogens (tertiary/aromatic N) is 1. The quantitative estimate of drug-likeness (QED) is 0.827. The Balaban J connectivity index is 1.92. The highest BCUT2D eigenvalue weighted by atomic mass is 35.5. The molecule has 1 unspecified atom stereocenters. The standard InChI is InChI=1S/C13H18ClN3O2/c1-9-7-17(4-5-19-9)8-13(18)16-12-6-10(15)2-3-11(12)14/h2-3,6,9H,4-5,7-8,15H2,1H3,(H,16,18). The first kappa shape index (κ1) is 14.1. The number of halogens is 1. The molecule has 2 rings (SSSR count). The minimum Gasteiger partial charge on any atom is -0.399 e. The van der Waals surface area contributed by atoms with Gasteiger partial charge in [0.1, 0.15) is 0 Å². The molecule has 6 heteroatoms. The average Bonchev–Trinajstić information content (AvgIpc) is 2.34. The number of nitrogen functional groups attached to an aromatic ring is 1. The molecule has 1 aromatic rings. The Labute approximate surface area is 117 Å². The molecule has 1 aromatic carbocycles. The van der Waals surface area contributed by atoms with Crippen molar-refractivity contribution < 1.29 is 9.53 Å². The molecule has 5 nitrogen and oxygen atoms in total. The van der Waals surface area contributed by atoms with E-state index in [0.29, 0.717) is 29.5 Å². The van der Waals surface area contributed by atoms with Crippen LogP contribution in [-0.4, -0.2) is 43.2 Å². The number of hydrogen-bond acceptors (Lipinski definition) is 4. The van der Waals surface area contributed by atoms with Crippen LogP contribution in [0.15, 0.2) is 18.2 Å². The lowest BCUT2D eigenvalue weighted by molar-refractivity contribution is -0.119. The molecule has 1 heterocycles. The highest BCUT2D eigenvalue weighted by Gasteiger charge is 2.19. The average molecular weight is 284 g/mol. The van der Waals surface area contributed by atoms with Crippen molar-refractivity contribution in [3.05, 3.63) is 23.2 Å². The Morgan fingerprint density at radius 3 is 3.16 bits per heavy atom. The van der Waals surface area contributed by atoms with Gasteiger partial charge in [-0.25, -0.2) is 0 Å². The fourth-order valence-electron chi connectivity index (χ4n) is 2.07. The van der Waals surface area contributed by atoms with E-state index in [9.17, 15) is 4.79 Å². The Morgan fingerprint density at radius 2 is 2.42 bits per heavy atom. The molecular weight excluding hydrogens is 266 g/mol. The summed E-state index contributed by atoms with van der Waals surface area (Å²) in [6.07, 6.45) is 0.164. The third kappa shape index (κ3) is 4.09. The van der Waals surface area contributed by atoms with Crippen LogP contribution in [0, 0.1) is 0 Å². The smallest absolute Gasteiger partial charge is 0.238 e. The monoisotopic (exact) mass is 283 g/mol. The fourth-order valence-corrected chi connectivity index (χ4v) is 2.23.